The number of nitrogens with one attached hydrogen (secondary N) is 2. The molecule has 8 heteroatoms. The van der Waals surface area contributed by atoms with E-state index in [9.17, 15) is 9.59 Å². The van der Waals surface area contributed by atoms with Gasteiger partial charge in [-0.05, 0) is 18.1 Å². The van der Waals surface area contributed by atoms with Crippen molar-refractivity contribution >= 4 is 34.7 Å². The standard InChI is InChI=1S/C17H23N3O4S/c1-5-10(2)15(16(22)24-4)20-14(21)9-25-17-18-12-7-6-11(23-3)8-13(12)19-17/h6-8,10,15H,5,9H2,1-4H3,(H,18,19)(H,20,21). The summed E-state index contributed by atoms with van der Waals surface area (Å²) in [7, 11) is 2.92. The monoisotopic (exact) mass is 365 g/mol. The van der Waals surface area contributed by atoms with Crippen molar-refractivity contribution in [2.75, 3.05) is 20.0 Å². The molecular formula is C17H23N3O4S. The Balaban J connectivity index is 1.97. The quantitative estimate of drug-likeness (QED) is 0.551. The Bertz CT molecular complexity index is 747. The number of carbonyl (C=O) groups excluding carboxylic acids is 2. The lowest BCUT2D eigenvalue weighted by Crippen LogP contribution is -2.46. The summed E-state index contributed by atoms with van der Waals surface area (Å²) in [5.41, 5.74) is 1.64. The van der Waals surface area contributed by atoms with Crippen LogP contribution in [0, 0.1) is 5.92 Å². The molecule has 0 aliphatic carbocycles. The van der Waals surface area contributed by atoms with Gasteiger partial charge >= 0.3 is 5.97 Å². The Kier molecular flexibility index (Phi) is 6.69. The van der Waals surface area contributed by atoms with Crippen LogP contribution in [0.4, 0.5) is 0 Å². The number of aromatic nitrogens is 2. The van der Waals surface area contributed by atoms with Crippen LogP contribution in [-0.2, 0) is 14.3 Å². The van der Waals surface area contributed by atoms with Gasteiger partial charge in [0, 0.05) is 6.07 Å². The fourth-order valence-corrected chi connectivity index (χ4v) is 3.00. The Morgan fingerprint density at radius 2 is 2.12 bits per heavy atom. The largest absolute Gasteiger partial charge is 0.497 e. The number of thioether (sulfide) groups is 1. The van der Waals surface area contributed by atoms with Gasteiger partial charge in [-0.2, -0.15) is 0 Å². The number of fused-ring (bicyclic) bond motifs is 1. The number of aromatic amines is 1. The third-order valence-electron chi connectivity index (χ3n) is 3.99. The Hall–Kier alpha value is -2.22. The van der Waals surface area contributed by atoms with Gasteiger partial charge in [0.15, 0.2) is 5.16 Å². The van der Waals surface area contributed by atoms with E-state index in [-0.39, 0.29) is 17.6 Å². The number of methoxy groups -OCH3 is 2. The second-order valence-corrected chi connectivity index (χ2v) is 6.63. The molecule has 1 aromatic carbocycles. The molecule has 25 heavy (non-hydrogen) atoms. The number of benzene rings is 1. The summed E-state index contributed by atoms with van der Waals surface area (Å²) in [6.07, 6.45) is 0.762. The molecule has 1 aromatic heterocycles. The van der Waals surface area contributed by atoms with Gasteiger partial charge in [-0.1, -0.05) is 32.0 Å². The van der Waals surface area contributed by atoms with Crippen molar-refractivity contribution in [3.8, 4) is 5.75 Å². The highest BCUT2D eigenvalue weighted by atomic mass is 32.2. The maximum absolute atomic E-state index is 12.2. The minimum atomic E-state index is -0.636. The molecule has 7 nitrogen and oxygen atoms in total. The molecule has 0 aliphatic heterocycles. The molecule has 1 amide bonds. The molecule has 2 atom stereocenters. The van der Waals surface area contributed by atoms with Crippen LogP contribution in [0.2, 0.25) is 0 Å². The van der Waals surface area contributed by atoms with Crippen LogP contribution in [0.5, 0.6) is 5.75 Å². The van der Waals surface area contributed by atoms with Gasteiger partial charge in [0.2, 0.25) is 5.91 Å². The zero-order chi connectivity index (χ0) is 18.4. The molecule has 0 radical (unpaired) electrons. The topological polar surface area (TPSA) is 93.3 Å². The van der Waals surface area contributed by atoms with Crippen LogP contribution in [0.1, 0.15) is 20.3 Å². The Morgan fingerprint density at radius 1 is 1.36 bits per heavy atom. The van der Waals surface area contributed by atoms with Gasteiger partial charge in [-0.25, -0.2) is 9.78 Å². The van der Waals surface area contributed by atoms with Crippen LogP contribution in [0.15, 0.2) is 23.4 Å². The van der Waals surface area contributed by atoms with Crippen LogP contribution in [0.25, 0.3) is 11.0 Å². The van der Waals surface area contributed by atoms with Crippen LogP contribution in [-0.4, -0.2) is 47.9 Å². The summed E-state index contributed by atoms with van der Waals surface area (Å²) in [6.45, 7) is 3.87. The maximum Gasteiger partial charge on any atom is 0.328 e. The second kappa shape index (κ2) is 8.75. The van der Waals surface area contributed by atoms with Crippen molar-refractivity contribution in [3.63, 3.8) is 0 Å². The summed E-state index contributed by atoms with van der Waals surface area (Å²) >= 11 is 1.28. The van der Waals surface area contributed by atoms with E-state index in [2.05, 4.69) is 15.3 Å². The lowest BCUT2D eigenvalue weighted by Gasteiger charge is -2.21. The van der Waals surface area contributed by atoms with Crippen molar-refractivity contribution in [2.45, 2.75) is 31.5 Å². The number of amides is 1. The molecule has 0 fully saturated rings. The molecule has 2 N–H and O–H groups in total. The zero-order valence-electron chi connectivity index (χ0n) is 14.8. The van der Waals surface area contributed by atoms with Gasteiger partial charge in [-0.3, -0.25) is 4.79 Å². The number of rotatable bonds is 8. The molecule has 2 rings (SSSR count). The highest BCUT2D eigenvalue weighted by Gasteiger charge is 2.26. The first kappa shape index (κ1) is 19.1. The van der Waals surface area contributed by atoms with Crippen LogP contribution in [0.3, 0.4) is 0 Å². The van der Waals surface area contributed by atoms with Crippen LogP contribution >= 0.6 is 11.8 Å². The second-order valence-electron chi connectivity index (χ2n) is 5.67. The molecule has 2 aromatic rings. The number of ether oxygens (including phenoxy) is 2. The fourth-order valence-electron chi connectivity index (χ4n) is 2.31. The van der Waals surface area contributed by atoms with Crippen molar-refractivity contribution in [3.05, 3.63) is 18.2 Å². The number of H-pyrrole nitrogens is 1. The molecule has 0 spiro atoms. The van der Waals surface area contributed by atoms with Gasteiger partial charge in [-0.15, -0.1) is 0 Å². The smallest absolute Gasteiger partial charge is 0.328 e. The maximum atomic E-state index is 12.2. The van der Waals surface area contributed by atoms with E-state index < -0.39 is 12.0 Å². The highest BCUT2D eigenvalue weighted by Crippen LogP contribution is 2.23. The lowest BCUT2D eigenvalue weighted by atomic mass is 9.99. The summed E-state index contributed by atoms with van der Waals surface area (Å²) in [4.78, 5) is 31.6. The van der Waals surface area contributed by atoms with Gasteiger partial charge < -0.3 is 19.8 Å². The molecule has 1 heterocycles. The third-order valence-corrected chi connectivity index (χ3v) is 4.87. The Morgan fingerprint density at radius 3 is 2.76 bits per heavy atom. The minimum Gasteiger partial charge on any atom is -0.497 e. The molecular weight excluding hydrogens is 342 g/mol. The van der Waals surface area contributed by atoms with E-state index in [0.717, 1.165) is 23.2 Å². The number of carbonyl (C=O) groups is 2. The SMILES string of the molecule is CCC(C)C(NC(=O)CSc1nc2ccc(OC)cc2[nH]1)C(=O)OC. The van der Waals surface area contributed by atoms with Crippen molar-refractivity contribution in [2.24, 2.45) is 5.92 Å². The predicted molar refractivity (Wildman–Crippen MR) is 96.8 cm³/mol. The van der Waals surface area contributed by atoms with E-state index in [1.807, 2.05) is 32.0 Å². The summed E-state index contributed by atoms with van der Waals surface area (Å²) in [5, 5.41) is 3.38. The average molecular weight is 365 g/mol. The average Bonchev–Trinajstić information content (AvgIpc) is 3.05. The van der Waals surface area contributed by atoms with Crippen molar-refractivity contribution in [1.29, 1.82) is 0 Å². The van der Waals surface area contributed by atoms with Gasteiger partial charge in [0.05, 0.1) is 31.0 Å². The highest BCUT2D eigenvalue weighted by molar-refractivity contribution is 7.99. The minimum absolute atomic E-state index is 0.0000608. The fraction of sp³-hybridized carbons (Fsp3) is 0.471. The molecule has 0 aliphatic rings. The molecule has 136 valence electrons. The zero-order valence-corrected chi connectivity index (χ0v) is 15.6. The Labute approximate surface area is 150 Å². The first-order chi connectivity index (χ1) is 12.0. The predicted octanol–water partition coefficient (Wildman–Crippen LogP) is 2.37. The first-order valence-corrected chi connectivity index (χ1v) is 9.00. The van der Waals surface area contributed by atoms with Crippen molar-refractivity contribution < 1.29 is 19.1 Å². The van der Waals surface area contributed by atoms with Crippen LogP contribution < -0.4 is 10.1 Å². The molecule has 0 saturated carbocycles. The number of hydrogen-bond donors (Lipinski definition) is 2. The third kappa shape index (κ3) is 4.88. The van der Waals surface area contributed by atoms with E-state index in [0.29, 0.717) is 5.16 Å². The number of nitrogens with zero attached hydrogens (tertiary/aromatic N) is 1. The summed E-state index contributed by atoms with van der Waals surface area (Å²) in [6, 6.07) is 4.90. The van der Waals surface area contributed by atoms with Gasteiger partial charge in [0.25, 0.3) is 0 Å². The lowest BCUT2D eigenvalue weighted by molar-refractivity contribution is -0.146. The van der Waals surface area contributed by atoms with E-state index in [4.69, 9.17) is 9.47 Å². The van der Waals surface area contributed by atoms with Gasteiger partial charge in [0.1, 0.15) is 11.8 Å². The van der Waals surface area contributed by atoms with E-state index >= 15 is 0 Å². The number of esters is 1. The summed E-state index contributed by atoms with van der Waals surface area (Å²) in [5.74, 6) is 0.225. The molecule has 0 bridgehead atoms. The summed E-state index contributed by atoms with van der Waals surface area (Å²) < 4.78 is 9.95. The molecule has 0 saturated heterocycles. The normalized spacial score (nSPS) is 13.3. The molecule has 2 unspecified atom stereocenters. The number of hydrogen-bond acceptors (Lipinski definition) is 6. The van der Waals surface area contributed by atoms with E-state index in [1.165, 1.54) is 18.9 Å². The number of imidazole rings is 1. The van der Waals surface area contributed by atoms with E-state index in [1.54, 1.807) is 7.11 Å². The van der Waals surface area contributed by atoms with Crippen molar-refractivity contribution in [1.82, 2.24) is 15.3 Å². The first-order valence-electron chi connectivity index (χ1n) is 8.02.